The maximum absolute atomic E-state index is 11.8. The van der Waals surface area contributed by atoms with Crippen molar-refractivity contribution in [3.63, 3.8) is 0 Å². The van der Waals surface area contributed by atoms with Crippen LogP contribution in [0, 0.1) is 16.7 Å². The standard InChI is InChI=1S/C12H23NO2S/c1-11(2,3)16(14,15)9-7-6-8-12(4,5)10-13/h6-9H2,1-5H3. The number of hydrogen-bond donors (Lipinski definition) is 0. The van der Waals surface area contributed by atoms with Crippen molar-refractivity contribution in [2.75, 3.05) is 5.75 Å². The smallest absolute Gasteiger partial charge is 0.155 e. The Morgan fingerprint density at radius 2 is 1.56 bits per heavy atom. The summed E-state index contributed by atoms with van der Waals surface area (Å²) in [5, 5.41) is 8.81. The van der Waals surface area contributed by atoms with E-state index in [4.69, 9.17) is 5.26 Å². The van der Waals surface area contributed by atoms with E-state index in [1.54, 1.807) is 20.8 Å². The first kappa shape index (κ1) is 15.4. The fraction of sp³-hybridized carbons (Fsp3) is 0.917. The second-order valence-electron chi connectivity index (χ2n) is 5.88. The first-order valence-corrected chi connectivity index (χ1v) is 7.31. The average Bonchev–Trinajstić information content (AvgIpc) is 2.11. The van der Waals surface area contributed by atoms with E-state index in [-0.39, 0.29) is 11.2 Å². The molecule has 4 heteroatoms. The third-order valence-electron chi connectivity index (χ3n) is 2.70. The van der Waals surface area contributed by atoms with Gasteiger partial charge in [-0.05, 0) is 47.5 Å². The van der Waals surface area contributed by atoms with Gasteiger partial charge in [0, 0.05) is 0 Å². The van der Waals surface area contributed by atoms with Gasteiger partial charge >= 0.3 is 0 Å². The normalized spacial score (nSPS) is 13.5. The fourth-order valence-corrected chi connectivity index (χ4v) is 2.42. The Kier molecular flexibility index (Phi) is 5.00. The molecule has 0 unspecified atom stereocenters. The zero-order valence-corrected chi connectivity index (χ0v) is 11.8. The van der Waals surface area contributed by atoms with Crippen molar-refractivity contribution in [2.24, 2.45) is 5.41 Å². The number of sulfone groups is 1. The molecule has 3 nitrogen and oxygen atoms in total. The zero-order chi connectivity index (χ0) is 13.0. The minimum absolute atomic E-state index is 0.220. The minimum atomic E-state index is -3.01. The molecule has 0 N–H and O–H groups in total. The lowest BCUT2D eigenvalue weighted by Gasteiger charge is -2.20. The van der Waals surface area contributed by atoms with Gasteiger partial charge in [0.15, 0.2) is 9.84 Å². The molecule has 0 heterocycles. The number of nitriles is 1. The molecule has 0 radical (unpaired) electrons. The molecule has 0 aromatic heterocycles. The van der Waals surface area contributed by atoms with Crippen LogP contribution in [0.2, 0.25) is 0 Å². The number of nitrogens with zero attached hydrogens (tertiary/aromatic N) is 1. The SMILES string of the molecule is CC(C)(C#N)CCCCS(=O)(=O)C(C)(C)C. The maximum Gasteiger partial charge on any atom is 0.155 e. The predicted octanol–water partition coefficient (Wildman–Crippen LogP) is 2.92. The Balaban J connectivity index is 4.09. The van der Waals surface area contributed by atoms with Crippen LogP contribution in [0.15, 0.2) is 0 Å². The van der Waals surface area contributed by atoms with Crippen LogP contribution < -0.4 is 0 Å². The van der Waals surface area contributed by atoms with Gasteiger partial charge in [0.05, 0.1) is 22.0 Å². The van der Waals surface area contributed by atoms with Crippen LogP contribution in [0.25, 0.3) is 0 Å². The van der Waals surface area contributed by atoms with E-state index in [0.717, 1.165) is 12.8 Å². The van der Waals surface area contributed by atoms with E-state index < -0.39 is 14.6 Å². The highest BCUT2D eigenvalue weighted by Crippen LogP contribution is 2.23. The molecule has 0 aromatic carbocycles. The summed E-state index contributed by atoms with van der Waals surface area (Å²) >= 11 is 0. The summed E-state index contributed by atoms with van der Waals surface area (Å²) in [5.74, 6) is 0.220. The molecule has 0 aliphatic carbocycles. The molecule has 94 valence electrons. The summed E-state index contributed by atoms with van der Waals surface area (Å²) in [7, 11) is -3.01. The van der Waals surface area contributed by atoms with Gasteiger partial charge in [-0.2, -0.15) is 5.26 Å². The lowest BCUT2D eigenvalue weighted by molar-refractivity contribution is 0.431. The summed E-state index contributed by atoms with van der Waals surface area (Å²) in [6.07, 6.45) is 2.18. The van der Waals surface area contributed by atoms with Crippen molar-refractivity contribution in [3.05, 3.63) is 0 Å². The molecule has 0 spiro atoms. The van der Waals surface area contributed by atoms with E-state index in [1.807, 2.05) is 13.8 Å². The van der Waals surface area contributed by atoms with Crippen molar-refractivity contribution in [3.8, 4) is 6.07 Å². The van der Waals surface area contributed by atoms with Gasteiger partial charge in [-0.25, -0.2) is 8.42 Å². The summed E-state index contributed by atoms with van der Waals surface area (Å²) in [6, 6.07) is 2.22. The Hall–Kier alpha value is -0.560. The Morgan fingerprint density at radius 1 is 1.06 bits per heavy atom. The topological polar surface area (TPSA) is 57.9 Å². The van der Waals surface area contributed by atoms with Gasteiger partial charge in [0.2, 0.25) is 0 Å². The van der Waals surface area contributed by atoms with Gasteiger partial charge in [-0.15, -0.1) is 0 Å². The Morgan fingerprint density at radius 3 is 1.94 bits per heavy atom. The lowest BCUT2D eigenvalue weighted by Crippen LogP contribution is -2.30. The quantitative estimate of drug-likeness (QED) is 0.700. The molecule has 0 fully saturated rings. The molecule has 0 atom stereocenters. The predicted molar refractivity (Wildman–Crippen MR) is 66.8 cm³/mol. The van der Waals surface area contributed by atoms with Crippen LogP contribution in [-0.2, 0) is 9.84 Å². The molecular formula is C12H23NO2S. The molecule has 0 saturated carbocycles. The molecule has 0 saturated heterocycles. The number of hydrogen-bond acceptors (Lipinski definition) is 3. The lowest BCUT2D eigenvalue weighted by atomic mass is 9.89. The highest BCUT2D eigenvalue weighted by atomic mass is 32.2. The summed E-state index contributed by atoms with van der Waals surface area (Å²) in [5.41, 5.74) is -0.342. The largest absolute Gasteiger partial charge is 0.228 e. The monoisotopic (exact) mass is 245 g/mol. The highest BCUT2D eigenvalue weighted by Gasteiger charge is 2.28. The van der Waals surface area contributed by atoms with Gasteiger partial charge in [0.1, 0.15) is 0 Å². The first-order valence-electron chi connectivity index (χ1n) is 5.65. The fourth-order valence-electron chi connectivity index (χ4n) is 1.22. The zero-order valence-electron chi connectivity index (χ0n) is 11.0. The van der Waals surface area contributed by atoms with Gasteiger partial charge in [-0.3, -0.25) is 0 Å². The van der Waals surface area contributed by atoms with Crippen LogP contribution in [0.1, 0.15) is 53.9 Å². The van der Waals surface area contributed by atoms with Crippen molar-refractivity contribution >= 4 is 9.84 Å². The molecule has 0 rings (SSSR count). The van der Waals surface area contributed by atoms with E-state index in [9.17, 15) is 8.42 Å². The van der Waals surface area contributed by atoms with E-state index in [0.29, 0.717) is 6.42 Å². The van der Waals surface area contributed by atoms with Crippen LogP contribution in [-0.4, -0.2) is 18.9 Å². The molecule has 0 aromatic rings. The molecule has 16 heavy (non-hydrogen) atoms. The second-order valence-corrected chi connectivity index (χ2v) is 8.75. The van der Waals surface area contributed by atoms with Crippen molar-refractivity contribution < 1.29 is 8.42 Å². The number of unbranched alkanes of at least 4 members (excludes halogenated alkanes) is 1. The van der Waals surface area contributed by atoms with Crippen molar-refractivity contribution in [1.82, 2.24) is 0 Å². The van der Waals surface area contributed by atoms with E-state index in [2.05, 4.69) is 6.07 Å². The Labute approximate surface area is 99.8 Å². The average molecular weight is 245 g/mol. The molecule has 0 bridgehead atoms. The van der Waals surface area contributed by atoms with Crippen molar-refractivity contribution in [1.29, 1.82) is 5.26 Å². The first-order chi connectivity index (χ1) is 7.02. The summed E-state index contributed by atoms with van der Waals surface area (Å²) < 4.78 is 22.9. The highest BCUT2D eigenvalue weighted by molar-refractivity contribution is 7.92. The van der Waals surface area contributed by atoms with Crippen LogP contribution in [0.3, 0.4) is 0 Å². The van der Waals surface area contributed by atoms with Gasteiger partial charge < -0.3 is 0 Å². The third kappa shape index (κ3) is 4.98. The second kappa shape index (κ2) is 5.18. The maximum atomic E-state index is 11.8. The van der Waals surface area contributed by atoms with Crippen LogP contribution in [0.4, 0.5) is 0 Å². The van der Waals surface area contributed by atoms with Gasteiger partial charge in [0.25, 0.3) is 0 Å². The Bertz CT molecular complexity index is 355. The third-order valence-corrected chi connectivity index (χ3v) is 5.39. The van der Waals surface area contributed by atoms with E-state index >= 15 is 0 Å². The van der Waals surface area contributed by atoms with E-state index in [1.165, 1.54) is 0 Å². The molecule has 0 aliphatic heterocycles. The minimum Gasteiger partial charge on any atom is -0.228 e. The number of rotatable bonds is 5. The van der Waals surface area contributed by atoms with Gasteiger partial charge in [-0.1, -0.05) is 6.42 Å². The molecule has 0 amide bonds. The van der Waals surface area contributed by atoms with Crippen LogP contribution in [0.5, 0.6) is 0 Å². The van der Waals surface area contributed by atoms with Crippen molar-refractivity contribution in [2.45, 2.75) is 58.6 Å². The molecular weight excluding hydrogens is 222 g/mol. The summed E-state index contributed by atoms with van der Waals surface area (Å²) in [6.45, 7) is 8.93. The summed E-state index contributed by atoms with van der Waals surface area (Å²) in [4.78, 5) is 0. The van der Waals surface area contributed by atoms with Crippen LogP contribution >= 0.6 is 0 Å². The molecule has 0 aliphatic rings.